The lowest BCUT2D eigenvalue weighted by Crippen LogP contribution is -2.05. The number of para-hydroxylation sites is 1. The first-order valence-electron chi connectivity index (χ1n) is 5.55. The Kier molecular flexibility index (Phi) is 3.77. The van der Waals surface area contributed by atoms with Crippen LogP contribution in [0.3, 0.4) is 0 Å². The van der Waals surface area contributed by atoms with Crippen LogP contribution in [0.15, 0.2) is 30.6 Å². The zero-order valence-electron chi connectivity index (χ0n) is 10.5. The maximum Gasteiger partial charge on any atom is 0.356 e. The van der Waals surface area contributed by atoms with E-state index in [1.807, 2.05) is 6.07 Å². The Hall–Kier alpha value is -3.14. The Bertz CT molecular complexity index is 694. The smallest absolute Gasteiger partial charge is 0.356 e. The van der Waals surface area contributed by atoms with E-state index in [4.69, 9.17) is 15.1 Å². The van der Waals surface area contributed by atoms with Gasteiger partial charge in [0.15, 0.2) is 5.69 Å². The highest BCUT2D eigenvalue weighted by atomic mass is 16.5. The van der Waals surface area contributed by atoms with Crippen LogP contribution in [-0.2, 0) is 0 Å². The number of nitriles is 1. The average Bonchev–Trinajstić information content (AvgIpc) is 2.47. The summed E-state index contributed by atoms with van der Waals surface area (Å²) in [5, 5.41) is 20.8. The number of ether oxygens (including phenoxy) is 1. The van der Waals surface area contributed by atoms with Gasteiger partial charge in [0.25, 0.3) is 0 Å². The molecule has 0 amide bonds. The van der Waals surface area contributed by atoms with Crippen molar-refractivity contribution < 1.29 is 14.6 Å². The van der Waals surface area contributed by atoms with Gasteiger partial charge in [-0.3, -0.25) is 4.98 Å². The fourth-order valence-corrected chi connectivity index (χ4v) is 1.58. The van der Waals surface area contributed by atoms with E-state index in [1.54, 1.807) is 18.2 Å². The highest BCUT2D eigenvalue weighted by Crippen LogP contribution is 2.30. The first kappa shape index (κ1) is 13.3. The first-order chi connectivity index (χ1) is 9.65. The van der Waals surface area contributed by atoms with Gasteiger partial charge >= 0.3 is 5.97 Å². The van der Waals surface area contributed by atoms with E-state index in [0.29, 0.717) is 17.0 Å². The fourth-order valence-electron chi connectivity index (χ4n) is 1.58. The minimum absolute atomic E-state index is 0.191. The number of hydrogen-bond acceptors (Lipinski definition) is 6. The number of benzene rings is 1. The van der Waals surface area contributed by atoms with Gasteiger partial charge in [-0.25, -0.2) is 9.78 Å². The summed E-state index contributed by atoms with van der Waals surface area (Å²) < 4.78 is 5.16. The van der Waals surface area contributed by atoms with Crippen molar-refractivity contribution in [1.29, 1.82) is 5.26 Å². The molecule has 7 nitrogen and oxygen atoms in total. The molecule has 2 N–H and O–H groups in total. The third-order valence-electron chi connectivity index (χ3n) is 2.47. The molecule has 0 radical (unpaired) electrons. The van der Waals surface area contributed by atoms with Crippen LogP contribution in [0, 0.1) is 11.3 Å². The van der Waals surface area contributed by atoms with Crippen LogP contribution >= 0.6 is 0 Å². The monoisotopic (exact) mass is 270 g/mol. The molecule has 2 aromatic rings. The molecule has 0 aliphatic carbocycles. The normalized spacial score (nSPS) is 9.60. The quantitative estimate of drug-likeness (QED) is 0.871. The van der Waals surface area contributed by atoms with Crippen molar-refractivity contribution in [3.63, 3.8) is 0 Å². The molecule has 0 fully saturated rings. The number of methoxy groups -OCH3 is 1. The Morgan fingerprint density at radius 3 is 2.90 bits per heavy atom. The number of aromatic carboxylic acids is 1. The fraction of sp³-hybridized carbons (Fsp3) is 0.0769. The number of hydrogen-bond donors (Lipinski definition) is 2. The highest BCUT2D eigenvalue weighted by Gasteiger charge is 2.11. The van der Waals surface area contributed by atoms with Crippen LogP contribution in [0.25, 0.3) is 0 Å². The van der Waals surface area contributed by atoms with E-state index in [2.05, 4.69) is 15.3 Å². The van der Waals surface area contributed by atoms with Crippen LogP contribution in [-0.4, -0.2) is 28.2 Å². The molecule has 1 aromatic carbocycles. The summed E-state index contributed by atoms with van der Waals surface area (Å²) in [5.41, 5.74) is 0.574. The van der Waals surface area contributed by atoms with Gasteiger partial charge in [-0.05, 0) is 12.1 Å². The predicted molar refractivity (Wildman–Crippen MR) is 70.0 cm³/mol. The molecule has 1 heterocycles. The van der Waals surface area contributed by atoms with E-state index >= 15 is 0 Å². The van der Waals surface area contributed by atoms with Crippen molar-refractivity contribution in [2.75, 3.05) is 12.4 Å². The number of anilines is 2. The second-order valence-corrected chi connectivity index (χ2v) is 3.71. The third-order valence-corrected chi connectivity index (χ3v) is 2.47. The SMILES string of the molecule is COc1cccc(C#N)c1Nc1cncc(C(=O)O)n1. The van der Waals surface area contributed by atoms with E-state index in [-0.39, 0.29) is 11.5 Å². The van der Waals surface area contributed by atoms with Crippen LogP contribution in [0.1, 0.15) is 16.1 Å². The van der Waals surface area contributed by atoms with Crippen LogP contribution in [0.4, 0.5) is 11.5 Å². The van der Waals surface area contributed by atoms with Crippen molar-refractivity contribution in [1.82, 2.24) is 9.97 Å². The summed E-state index contributed by atoms with van der Waals surface area (Å²) in [4.78, 5) is 18.5. The minimum atomic E-state index is -1.18. The Labute approximate surface area is 114 Å². The lowest BCUT2D eigenvalue weighted by molar-refractivity contribution is 0.0690. The Balaban J connectivity index is 2.42. The van der Waals surface area contributed by atoms with Gasteiger partial charge in [0.1, 0.15) is 23.3 Å². The molecular formula is C13H10N4O3. The maximum absolute atomic E-state index is 10.8. The van der Waals surface area contributed by atoms with Crippen LogP contribution < -0.4 is 10.1 Å². The molecule has 0 unspecified atom stereocenters. The molecule has 0 bridgehead atoms. The molecule has 0 spiro atoms. The lowest BCUT2D eigenvalue weighted by Gasteiger charge is -2.11. The standard InChI is InChI=1S/C13H10N4O3/c1-20-10-4-2-3-8(5-14)12(10)17-11-7-15-6-9(16-11)13(18)19/h2-4,6-7H,1H3,(H,16,17)(H,18,19). The van der Waals surface area contributed by atoms with Crippen LogP contribution in [0.5, 0.6) is 5.75 Å². The van der Waals surface area contributed by atoms with Gasteiger partial charge in [-0.15, -0.1) is 0 Å². The number of nitrogens with zero attached hydrogens (tertiary/aromatic N) is 3. The summed E-state index contributed by atoms with van der Waals surface area (Å²) in [6, 6.07) is 6.99. The topological polar surface area (TPSA) is 108 Å². The number of carboxylic acid groups (broad SMARTS) is 1. The molecule has 20 heavy (non-hydrogen) atoms. The van der Waals surface area contributed by atoms with Crippen molar-refractivity contribution >= 4 is 17.5 Å². The van der Waals surface area contributed by atoms with E-state index in [0.717, 1.165) is 6.20 Å². The van der Waals surface area contributed by atoms with E-state index in [9.17, 15) is 4.79 Å². The molecule has 100 valence electrons. The van der Waals surface area contributed by atoms with Crippen LogP contribution in [0.2, 0.25) is 0 Å². The number of rotatable bonds is 4. The number of aromatic nitrogens is 2. The van der Waals surface area contributed by atoms with Gasteiger partial charge in [0.05, 0.1) is 25.1 Å². The van der Waals surface area contributed by atoms with E-state index in [1.165, 1.54) is 13.3 Å². The second-order valence-electron chi connectivity index (χ2n) is 3.71. The van der Waals surface area contributed by atoms with Crippen molar-refractivity contribution in [3.05, 3.63) is 41.9 Å². The summed E-state index contributed by atoms with van der Waals surface area (Å²) >= 11 is 0. The minimum Gasteiger partial charge on any atom is -0.495 e. The lowest BCUT2D eigenvalue weighted by atomic mass is 10.2. The summed E-state index contributed by atoms with van der Waals surface area (Å²) in [5.74, 6) is -0.515. The number of carbonyl (C=O) groups is 1. The molecule has 0 saturated carbocycles. The zero-order valence-corrected chi connectivity index (χ0v) is 10.5. The maximum atomic E-state index is 10.8. The van der Waals surface area contributed by atoms with Gasteiger partial charge in [-0.2, -0.15) is 5.26 Å². The molecule has 1 aromatic heterocycles. The first-order valence-corrected chi connectivity index (χ1v) is 5.55. The highest BCUT2D eigenvalue weighted by molar-refractivity contribution is 5.85. The Morgan fingerprint density at radius 2 is 2.25 bits per heavy atom. The molecule has 0 atom stereocenters. The summed E-state index contributed by atoms with van der Waals surface area (Å²) in [7, 11) is 1.47. The number of carboxylic acids is 1. The van der Waals surface area contributed by atoms with Gasteiger partial charge in [-0.1, -0.05) is 6.07 Å². The van der Waals surface area contributed by atoms with E-state index < -0.39 is 5.97 Å². The second kappa shape index (κ2) is 5.67. The molecule has 7 heteroatoms. The van der Waals surface area contributed by atoms with Crippen molar-refractivity contribution in [2.45, 2.75) is 0 Å². The molecule has 0 saturated heterocycles. The predicted octanol–water partition coefficient (Wildman–Crippen LogP) is 1.80. The Morgan fingerprint density at radius 1 is 1.45 bits per heavy atom. The van der Waals surface area contributed by atoms with Crippen molar-refractivity contribution in [3.8, 4) is 11.8 Å². The molecule has 2 rings (SSSR count). The third kappa shape index (κ3) is 2.64. The largest absolute Gasteiger partial charge is 0.495 e. The van der Waals surface area contributed by atoms with Crippen molar-refractivity contribution in [2.24, 2.45) is 0 Å². The van der Waals surface area contributed by atoms with Gasteiger partial charge < -0.3 is 15.2 Å². The molecule has 0 aliphatic rings. The summed E-state index contributed by atoms with van der Waals surface area (Å²) in [6.07, 6.45) is 2.50. The zero-order chi connectivity index (χ0) is 14.5. The number of nitrogens with one attached hydrogen (secondary N) is 1. The summed E-state index contributed by atoms with van der Waals surface area (Å²) in [6.45, 7) is 0. The molecule has 0 aliphatic heterocycles. The molecular weight excluding hydrogens is 260 g/mol. The van der Waals surface area contributed by atoms with Gasteiger partial charge in [0, 0.05) is 0 Å². The van der Waals surface area contributed by atoms with Gasteiger partial charge in [0.2, 0.25) is 0 Å². The average molecular weight is 270 g/mol.